The molecule has 1 unspecified atom stereocenters. The Morgan fingerprint density at radius 1 is 1.57 bits per heavy atom. The zero-order valence-electron chi connectivity index (χ0n) is 7.66. The Labute approximate surface area is 81.5 Å². The molecule has 1 saturated heterocycles. The number of rotatable bonds is 3. The maximum Gasteiger partial charge on any atom is 0.168 e. The Morgan fingerprint density at radius 3 is 2.93 bits per heavy atom. The smallest absolute Gasteiger partial charge is 0.168 e. The van der Waals surface area contributed by atoms with Gasteiger partial charge in [0, 0.05) is 12.1 Å². The number of nitrogens with one attached hydrogen (secondary N) is 1. The van der Waals surface area contributed by atoms with Crippen molar-refractivity contribution in [1.29, 1.82) is 0 Å². The minimum atomic E-state index is -0.524. The number of hydrogen-bond acceptors (Lipinski definition) is 3. The van der Waals surface area contributed by atoms with Crippen molar-refractivity contribution in [3.8, 4) is 11.5 Å². The predicted molar refractivity (Wildman–Crippen MR) is 50.0 cm³/mol. The van der Waals surface area contributed by atoms with E-state index in [0.29, 0.717) is 12.6 Å². The molecule has 2 N–H and O–H groups in total. The summed E-state index contributed by atoms with van der Waals surface area (Å²) in [5.74, 6) is -0.419. The number of hydrogen-bond donors (Lipinski definition) is 2. The molecule has 14 heavy (non-hydrogen) atoms. The highest BCUT2D eigenvalue weighted by atomic mass is 19.1. The molecule has 1 aliphatic rings. The lowest BCUT2D eigenvalue weighted by atomic mass is 10.1. The van der Waals surface area contributed by atoms with Gasteiger partial charge in [0.25, 0.3) is 0 Å². The molecule has 1 heterocycles. The Morgan fingerprint density at radius 2 is 2.36 bits per heavy atom. The van der Waals surface area contributed by atoms with Crippen LogP contribution in [0.4, 0.5) is 4.39 Å². The lowest BCUT2D eigenvalue weighted by molar-refractivity contribution is 0.210. The summed E-state index contributed by atoms with van der Waals surface area (Å²) < 4.78 is 18.4. The van der Waals surface area contributed by atoms with E-state index >= 15 is 0 Å². The molecule has 3 nitrogen and oxygen atoms in total. The first kappa shape index (κ1) is 9.27. The van der Waals surface area contributed by atoms with E-state index in [1.165, 1.54) is 12.1 Å². The average Bonchev–Trinajstić information content (AvgIpc) is 2.05. The second kappa shape index (κ2) is 3.84. The van der Waals surface area contributed by atoms with Crippen molar-refractivity contribution < 1.29 is 14.2 Å². The van der Waals surface area contributed by atoms with Gasteiger partial charge in [-0.15, -0.1) is 0 Å². The fraction of sp³-hybridized carbons (Fsp3) is 0.400. The van der Waals surface area contributed by atoms with Gasteiger partial charge in [-0.1, -0.05) is 0 Å². The normalized spacial score (nSPS) is 20.2. The first-order valence-corrected chi connectivity index (χ1v) is 4.60. The first-order valence-electron chi connectivity index (χ1n) is 4.60. The third kappa shape index (κ3) is 1.96. The SMILES string of the molecule is Oc1ccc(OCC2CCN2)c(F)c1. The fourth-order valence-corrected chi connectivity index (χ4v) is 1.29. The summed E-state index contributed by atoms with van der Waals surface area (Å²) in [6.45, 7) is 1.48. The molecule has 0 aliphatic carbocycles. The third-order valence-electron chi connectivity index (χ3n) is 2.28. The molecule has 1 atom stereocenters. The number of phenols is 1. The van der Waals surface area contributed by atoms with Crippen LogP contribution in [-0.2, 0) is 0 Å². The molecule has 0 spiro atoms. The lowest BCUT2D eigenvalue weighted by Crippen LogP contribution is -2.46. The molecule has 1 aliphatic heterocycles. The predicted octanol–water partition coefficient (Wildman–Crippen LogP) is 1.27. The highest BCUT2D eigenvalue weighted by Crippen LogP contribution is 2.22. The molecular formula is C10H12FNO2. The summed E-state index contributed by atoms with van der Waals surface area (Å²) in [6.07, 6.45) is 1.07. The zero-order chi connectivity index (χ0) is 9.97. The number of benzene rings is 1. The van der Waals surface area contributed by atoms with Crippen molar-refractivity contribution in [2.75, 3.05) is 13.2 Å². The van der Waals surface area contributed by atoms with E-state index in [9.17, 15) is 4.39 Å². The van der Waals surface area contributed by atoms with Gasteiger partial charge in [-0.3, -0.25) is 0 Å². The molecule has 76 valence electrons. The Bertz CT molecular complexity index is 326. The van der Waals surface area contributed by atoms with Crippen LogP contribution in [0.5, 0.6) is 11.5 Å². The zero-order valence-corrected chi connectivity index (χ0v) is 7.66. The van der Waals surface area contributed by atoms with E-state index < -0.39 is 5.82 Å². The lowest BCUT2D eigenvalue weighted by Gasteiger charge is -2.27. The standard InChI is InChI=1S/C10H12FNO2/c11-9-5-8(13)1-2-10(9)14-6-7-3-4-12-7/h1-2,5,7,12-13H,3-4,6H2. The molecule has 0 amide bonds. The highest BCUT2D eigenvalue weighted by molar-refractivity contribution is 5.32. The van der Waals surface area contributed by atoms with E-state index in [1.807, 2.05) is 0 Å². The first-order chi connectivity index (χ1) is 6.75. The highest BCUT2D eigenvalue weighted by Gasteiger charge is 2.17. The van der Waals surface area contributed by atoms with Crippen molar-refractivity contribution >= 4 is 0 Å². The van der Waals surface area contributed by atoms with Crippen molar-refractivity contribution in [2.45, 2.75) is 12.5 Å². The van der Waals surface area contributed by atoms with Gasteiger partial charge in [0.2, 0.25) is 0 Å². The summed E-state index contributed by atoms with van der Waals surface area (Å²) in [4.78, 5) is 0. The van der Waals surface area contributed by atoms with Crippen molar-refractivity contribution in [2.24, 2.45) is 0 Å². The van der Waals surface area contributed by atoms with Crippen LogP contribution in [0.25, 0.3) is 0 Å². The van der Waals surface area contributed by atoms with E-state index in [2.05, 4.69) is 5.32 Å². The Balaban J connectivity index is 1.94. The van der Waals surface area contributed by atoms with Crippen molar-refractivity contribution in [1.82, 2.24) is 5.32 Å². The van der Waals surface area contributed by atoms with Crippen LogP contribution in [0.15, 0.2) is 18.2 Å². The van der Waals surface area contributed by atoms with Gasteiger partial charge in [0.15, 0.2) is 11.6 Å². The molecule has 0 saturated carbocycles. The van der Waals surface area contributed by atoms with Gasteiger partial charge in [0.05, 0.1) is 0 Å². The summed E-state index contributed by atoms with van der Waals surface area (Å²) in [7, 11) is 0. The molecule has 2 rings (SSSR count). The molecule has 0 radical (unpaired) electrons. The summed E-state index contributed by atoms with van der Waals surface area (Å²) in [6, 6.07) is 4.22. The minimum Gasteiger partial charge on any atom is -0.508 e. The van der Waals surface area contributed by atoms with E-state index in [1.54, 1.807) is 0 Å². The van der Waals surface area contributed by atoms with Gasteiger partial charge in [-0.05, 0) is 25.1 Å². The Kier molecular flexibility index (Phi) is 2.54. The number of halogens is 1. The monoisotopic (exact) mass is 197 g/mol. The van der Waals surface area contributed by atoms with Crippen LogP contribution < -0.4 is 10.1 Å². The van der Waals surface area contributed by atoms with Crippen LogP contribution in [-0.4, -0.2) is 24.3 Å². The molecule has 1 aromatic rings. The van der Waals surface area contributed by atoms with Crippen LogP contribution >= 0.6 is 0 Å². The van der Waals surface area contributed by atoms with Gasteiger partial charge >= 0.3 is 0 Å². The van der Waals surface area contributed by atoms with Crippen LogP contribution in [0, 0.1) is 5.82 Å². The second-order valence-corrected chi connectivity index (χ2v) is 3.37. The Hall–Kier alpha value is -1.29. The van der Waals surface area contributed by atoms with Crippen molar-refractivity contribution in [3.63, 3.8) is 0 Å². The van der Waals surface area contributed by atoms with Gasteiger partial charge < -0.3 is 15.2 Å². The largest absolute Gasteiger partial charge is 0.508 e. The average molecular weight is 197 g/mol. The van der Waals surface area contributed by atoms with Crippen LogP contribution in [0.1, 0.15) is 6.42 Å². The van der Waals surface area contributed by atoms with Crippen LogP contribution in [0.3, 0.4) is 0 Å². The fourth-order valence-electron chi connectivity index (χ4n) is 1.29. The maximum absolute atomic E-state index is 13.1. The molecule has 0 aromatic heterocycles. The third-order valence-corrected chi connectivity index (χ3v) is 2.28. The number of phenolic OH excluding ortho intramolecular Hbond substituents is 1. The van der Waals surface area contributed by atoms with E-state index in [0.717, 1.165) is 19.0 Å². The molecular weight excluding hydrogens is 185 g/mol. The summed E-state index contributed by atoms with van der Waals surface area (Å²) >= 11 is 0. The number of aromatic hydroxyl groups is 1. The minimum absolute atomic E-state index is 0.0865. The van der Waals surface area contributed by atoms with E-state index in [-0.39, 0.29) is 11.5 Å². The number of ether oxygens (including phenoxy) is 1. The van der Waals surface area contributed by atoms with E-state index in [4.69, 9.17) is 9.84 Å². The van der Waals surface area contributed by atoms with Crippen molar-refractivity contribution in [3.05, 3.63) is 24.0 Å². The molecule has 1 aromatic carbocycles. The van der Waals surface area contributed by atoms with Gasteiger partial charge in [-0.2, -0.15) is 0 Å². The van der Waals surface area contributed by atoms with Gasteiger partial charge in [0.1, 0.15) is 12.4 Å². The second-order valence-electron chi connectivity index (χ2n) is 3.37. The molecule has 0 bridgehead atoms. The maximum atomic E-state index is 13.1. The van der Waals surface area contributed by atoms with Gasteiger partial charge in [-0.25, -0.2) is 4.39 Å². The quantitative estimate of drug-likeness (QED) is 0.766. The van der Waals surface area contributed by atoms with Crippen LogP contribution in [0.2, 0.25) is 0 Å². The summed E-state index contributed by atoms with van der Waals surface area (Å²) in [5.41, 5.74) is 0. The molecule has 1 fully saturated rings. The topological polar surface area (TPSA) is 41.5 Å². The summed E-state index contributed by atoms with van der Waals surface area (Å²) in [5, 5.41) is 12.1. The molecule has 4 heteroatoms.